The SMILES string of the molecule is NCc1ccc(CCC(=O)N(CCNC(=O)OCC#Cc2ccc(C#CCOC(=O)NCCN(CC(=O)O)C(=O)CCc3ccc(CN)cc3)cc2)CC(=O)O)cc1. The quantitative estimate of drug-likeness (QED) is 0.0898. The molecular weight excluding hydrogens is 748 g/mol. The number of nitrogens with two attached hydrogens (primary N) is 2. The molecule has 16 nitrogen and oxygen atoms in total. The lowest BCUT2D eigenvalue weighted by atomic mass is 10.1. The molecule has 8 N–H and O–H groups in total. The van der Waals surface area contributed by atoms with Crippen molar-refractivity contribution in [3.63, 3.8) is 0 Å². The number of hydrogen-bond acceptors (Lipinski definition) is 10. The Morgan fingerprint density at radius 2 is 0.897 bits per heavy atom. The van der Waals surface area contributed by atoms with Gasteiger partial charge in [-0.3, -0.25) is 19.2 Å². The van der Waals surface area contributed by atoms with Crippen molar-refractivity contribution in [3.05, 3.63) is 106 Å². The number of alkyl carbamates (subject to hydrolysis) is 2. The van der Waals surface area contributed by atoms with Crippen LogP contribution >= 0.6 is 0 Å². The molecule has 0 bridgehead atoms. The highest BCUT2D eigenvalue weighted by Gasteiger charge is 2.18. The lowest BCUT2D eigenvalue weighted by Crippen LogP contribution is -2.41. The largest absolute Gasteiger partial charge is 0.480 e. The molecule has 0 saturated carbocycles. The number of carbonyl (C=O) groups is 6. The number of benzene rings is 3. The summed E-state index contributed by atoms with van der Waals surface area (Å²) >= 11 is 0. The van der Waals surface area contributed by atoms with Crippen LogP contribution in [0.3, 0.4) is 0 Å². The van der Waals surface area contributed by atoms with Gasteiger partial charge < -0.3 is 51.6 Å². The molecule has 0 fully saturated rings. The third-order valence-electron chi connectivity index (χ3n) is 8.33. The van der Waals surface area contributed by atoms with E-state index in [4.69, 9.17) is 20.9 Å². The van der Waals surface area contributed by atoms with Crippen molar-refractivity contribution in [2.45, 2.75) is 38.8 Å². The Hall–Kier alpha value is -6.88. The number of amides is 4. The van der Waals surface area contributed by atoms with Gasteiger partial charge in [-0.25, -0.2) is 9.59 Å². The summed E-state index contributed by atoms with van der Waals surface area (Å²) in [5, 5.41) is 23.4. The second-order valence-corrected chi connectivity index (χ2v) is 12.6. The van der Waals surface area contributed by atoms with Gasteiger partial charge in [-0.2, -0.15) is 0 Å². The van der Waals surface area contributed by atoms with Gasteiger partial charge in [-0.1, -0.05) is 72.2 Å². The summed E-state index contributed by atoms with van der Waals surface area (Å²) in [4.78, 5) is 74.5. The van der Waals surface area contributed by atoms with Crippen LogP contribution in [0.1, 0.15) is 46.2 Å². The van der Waals surface area contributed by atoms with Crippen LogP contribution in [0.2, 0.25) is 0 Å². The molecule has 58 heavy (non-hydrogen) atoms. The number of ether oxygens (including phenoxy) is 2. The van der Waals surface area contributed by atoms with Crippen molar-refractivity contribution in [3.8, 4) is 23.7 Å². The topological polar surface area (TPSA) is 244 Å². The Kier molecular flexibility index (Phi) is 19.9. The first kappa shape index (κ1) is 45.5. The van der Waals surface area contributed by atoms with E-state index in [-0.39, 0.29) is 64.0 Å². The van der Waals surface area contributed by atoms with Crippen LogP contribution in [0, 0.1) is 23.7 Å². The van der Waals surface area contributed by atoms with Crippen molar-refractivity contribution in [2.75, 3.05) is 52.5 Å². The fraction of sp³-hybridized carbons (Fsp3) is 0.333. The van der Waals surface area contributed by atoms with Crippen molar-refractivity contribution in [2.24, 2.45) is 11.5 Å². The number of nitrogens with one attached hydrogen (secondary N) is 2. The Balaban J connectivity index is 1.32. The van der Waals surface area contributed by atoms with Crippen LogP contribution < -0.4 is 22.1 Å². The zero-order valence-corrected chi connectivity index (χ0v) is 32.0. The van der Waals surface area contributed by atoms with Crippen LogP contribution in [0.15, 0.2) is 72.8 Å². The van der Waals surface area contributed by atoms with Crippen molar-refractivity contribution in [1.29, 1.82) is 0 Å². The van der Waals surface area contributed by atoms with E-state index in [2.05, 4.69) is 34.3 Å². The molecule has 0 aliphatic heterocycles. The van der Waals surface area contributed by atoms with E-state index in [1.165, 1.54) is 0 Å². The molecule has 0 heterocycles. The standard InChI is InChI=1S/C42H48N6O10/c43-27-35-13-9-33(10-14-35)17-19-37(49)47(29-39(51)52)23-21-45-41(55)57-25-1-3-31-5-7-32(8-6-31)4-2-26-58-42(56)46-22-24-48(30-40(53)54)38(50)20-18-34-11-15-36(28-44)16-12-34/h5-16H,17-30,43-44H2,(H,45,55)(H,46,56)(H,51,52)(H,53,54). The highest BCUT2D eigenvalue weighted by atomic mass is 16.6. The van der Waals surface area contributed by atoms with Gasteiger partial charge in [0, 0.05) is 63.2 Å². The van der Waals surface area contributed by atoms with Crippen LogP contribution in [-0.4, -0.2) is 108 Å². The van der Waals surface area contributed by atoms with E-state index in [0.717, 1.165) is 32.1 Å². The fourth-order valence-electron chi connectivity index (χ4n) is 5.22. The molecule has 0 spiro atoms. The number of carboxylic acid groups (broad SMARTS) is 2. The molecule has 3 aromatic carbocycles. The zero-order chi connectivity index (χ0) is 42.1. The summed E-state index contributed by atoms with van der Waals surface area (Å²) in [5.74, 6) is 8.09. The minimum Gasteiger partial charge on any atom is -0.480 e. The molecule has 16 heteroatoms. The minimum absolute atomic E-state index is 0.0152. The van der Waals surface area contributed by atoms with E-state index in [9.17, 15) is 39.0 Å². The van der Waals surface area contributed by atoms with E-state index in [1.54, 1.807) is 24.3 Å². The molecule has 0 aromatic heterocycles. The van der Waals surface area contributed by atoms with E-state index in [0.29, 0.717) is 37.1 Å². The third-order valence-corrected chi connectivity index (χ3v) is 8.33. The Labute approximate surface area is 336 Å². The van der Waals surface area contributed by atoms with Gasteiger partial charge >= 0.3 is 24.1 Å². The molecule has 0 unspecified atom stereocenters. The summed E-state index contributed by atoms with van der Waals surface area (Å²) in [6, 6.07) is 21.8. The number of carboxylic acids is 2. The number of carbonyl (C=O) groups excluding carboxylic acids is 4. The highest BCUT2D eigenvalue weighted by molar-refractivity contribution is 5.82. The third kappa shape index (κ3) is 18.2. The molecule has 0 radical (unpaired) electrons. The fourth-order valence-corrected chi connectivity index (χ4v) is 5.22. The van der Waals surface area contributed by atoms with Gasteiger partial charge in [-0.05, 0) is 59.4 Å². The maximum Gasteiger partial charge on any atom is 0.408 e. The van der Waals surface area contributed by atoms with E-state index in [1.807, 2.05) is 48.5 Å². The molecule has 306 valence electrons. The average molecular weight is 797 g/mol. The number of hydrogen-bond donors (Lipinski definition) is 6. The van der Waals surface area contributed by atoms with Gasteiger partial charge in [0.25, 0.3) is 0 Å². The second-order valence-electron chi connectivity index (χ2n) is 12.6. The lowest BCUT2D eigenvalue weighted by molar-refractivity contribution is -0.144. The molecule has 4 amide bonds. The Morgan fingerprint density at radius 3 is 1.22 bits per heavy atom. The van der Waals surface area contributed by atoms with E-state index >= 15 is 0 Å². The van der Waals surface area contributed by atoms with E-state index < -0.39 is 37.2 Å². The van der Waals surface area contributed by atoms with Crippen LogP contribution in [0.5, 0.6) is 0 Å². The summed E-state index contributed by atoms with van der Waals surface area (Å²) in [6.07, 6.45) is -0.469. The highest BCUT2D eigenvalue weighted by Crippen LogP contribution is 2.10. The van der Waals surface area contributed by atoms with Crippen molar-refractivity contribution >= 4 is 35.9 Å². The Bertz CT molecular complexity index is 1820. The van der Waals surface area contributed by atoms with Gasteiger partial charge in [-0.15, -0.1) is 0 Å². The van der Waals surface area contributed by atoms with Gasteiger partial charge in [0.2, 0.25) is 11.8 Å². The summed E-state index contributed by atoms with van der Waals surface area (Å²) < 4.78 is 10.1. The summed E-state index contributed by atoms with van der Waals surface area (Å²) in [7, 11) is 0. The molecular formula is C42H48N6O10. The predicted molar refractivity (Wildman–Crippen MR) is 213 cm³/mol. The molecule has 3 aromatic rings. The maximum atomic E-state index is 12.7. The smallest absolute Gasteiger partial charge is 0.408 e. The molecule has 0 saturated heterocycles. The minimum atomic E-state index is -1.17. The number of nitrogens with zero attached hydrogens (tertiary/aromatic N) is 2. The second kappa shape index (κ2) is 25.3. The number of rotatable bonds is 20. The summed E-state index contributed by atoms with van der Waals surface area (Å²) in [6.45, 7) is -0.674. The molecule has 0 aliphatic carbocycles. The first-order valence-corrected chi connectivity index (χ1v) is 18.4. The zero-order valence-electron chi connectivity index (χ0n) is 32.0. The molecule has 0 atom stereocenters. The number of aliphatic carboxylic acids is 2. The Morgan fingerprint density at radius 1 is 0.552 bits per heavy atom. The predicted octanol–water partition coefficient (Wildman–Crippen LogP) is 1.85. The van der Waals surface area contributed by atoms with Crippen LogP contribution in [-0.2, 0) is 54.6 Å². The first-order valence-electron chi connectivity index (χ1n) is 18.4. The average Bonchev–Trinajstić information content (AvgIpc) is 3.22. The summed E-state index contributed by atoms with van der Waals surface area (Å²) in [5.41, 5.74) is 16.2. The lowest BCUT2D eigenvalue weighted by Gasteiger charge is -2.21. The van der Waals surface area contributed by atoms with Gasteiger partial charge in [0.05, 0.1) is 0 Å². The number of aryl methyl sites for hydroxylation is 2. The first-order chi connectivity index (χ1) is 27.9. The van der Waals surface area contributed by atoms with Crippen LogP contribution in [0.4, 0.5) is 9.59 Å². The van der Waals surface area contributed by atoms with Crippen molar-refractivity contribution in [1.82, 2.24) is 20.4 Å². The van der Waals surface area contributed by atoms with Gasteiger partial charge in [0.1, 0.15) is 13.1 Å². The van der Waals surface area contributed by atoms with Gasteiger partial charge in [0.15, 0.2) is 13.2 Å². The monoisotopic (exact) mass is 796 g/mol. The normalized spacial score (nSPS) is 10.1. The molecule has 3 rings (SSSR count). The van der Waals surface area contributed by atoms with Crippen LogP contribution in [0.25, 0.3) is 0 Å². The molecule has 0 aliphatic rings. The van der Waals surface area contributed by atoms with Crippen molar-refractivity contribution < 1.29 is 48.5 Å². The maximum absolute atomic E-state index is 12.7.